The number of carboxylic acids is 1. The van der Waals surface area contributed by atoms with Crippen LogP contribution in [0.4, 0.5) is 10.2 Å². The maximum absolute atomic E-state index is 12.1. The molecule has 0 fully saturated rings. The summed E-state index contributed by atoms with van der Waals surface area (Å²) in [6.07, 6.45) is 1.18. The van der Waals surface area contributed by atoms with Gasteiger partial charge in [0.25, 0.3) is 0 Å². The zero-order chi connectivity index (χ0) is 9.68. The van der Waals surface area contributed by atoms with E-state index in [4.69, 9.17) is 5.11 Å². The predicted octanol–water partition coefficient (Wildman–Crippen LogP) is 0.443. The molecule has 0 spiro atoms. The van der Waals surface area contributed by atoms with Gasteiger partial charge in [0, 0.05) is 6.07 Å². The summed E-state index contributed by atoms with van der Waals surface area (Å²) in [7, 11) is 0. The number of carbonyl (C=O) groups is 1. The smallest absolute Gasteiger partial charge is 0.322 e. The first-order valence-electron chi connectivity index (χ1n) is 3.55. The van der Waals surface area contributed by atoms with Crippen molar-refractivity contribution in [3.63, 3.8) is 0 Å². The largest absolute Gasteiger partial charge is 0.480 e. The number of hydrogen-bond donors (Lipinski definition) is 2. The van der Waals surface area contributed by atoms with Crippen molar-refractivity contribution < 1.29 is 14.3 Å². The SMILES string of the molecule is O=C(O)CNc1cc(CF)ncn1. The number of aliphatic carboxylic acids is 1. The number of nitrogens with one attached hydrogen (secondary N) is 1. The molecule has 0 amide bonds. The average molecular weight is 185 g/mol. The Morgan fingerprint density at radius 2 is 2.38 bits per heavy atom. The highest BCUT2D eigenvalue weighted by Crippen LogP contribution is 2.03. The third-order valence-corrected chi connectivity index (χ3v) is 1.28. The molecule has 1 aromatic rings. The van der Waals surface area contributed by atoms with Gasteiger partial charge in [-0.2, -0.15) is 0 Å². The van der Waals surface area contributed by atoms with E-state index in [2.05, 4.69) is 15.3 Å². The molecule has 1 heterocycles. The average Bonchev–Trinajstić information content (AvgIpc) is 2.15. The van der Waals surface area contributed by atoms with Crippen molar-refractivity contribution in [2.45, 2.75) is 6.67 Å². The van der Waals surface area contributed by atoms with Gasteiger partial charge in [-0.05, 0) is 0 Å². The van der Waals surface area contributed by atoms with Gasteiger partial charge < -0.3 is 10.4 Å². The minimum absolute atomic E-state index is 0.225. The van der Waals surface area contributed by atoms with Crippen molar-refractivity contribution in [1.29, 1.82) is 0 Å². The summed E-state index contributed by atoms with van der Waals surface area (Å²) in [6.45, 7) is -0.937. The van der Waals surface area contributed by atoms with Crippen LogP contribution in [0.15, 0.2) is 12.4 Å². The summed E-state index contributed by atoms with van der Waals surface area (Å²) in [5.74, 6) is -0.689. The van der Waals surface area contributed by atoms with Crippen LogP contribution in [-0.2, 0) is 11.5 Å². The summed E-state index contributed by atoms with van der Waals surface area (Å²) < 4.78 is 12.1. The Hall–Kier alpha value is -1.72. The Morgan fingerprint density at radius 3 is 3.00 bits per heavy atom. The summed E-state index contributed by atoms with van der Waals surface area (Å²) >= 11 is 0. The first kappa shape index (κ1) is 9.37. The molecule has 0 aliphatic heterocycles. The zero-order valence-corrected chi connectivity index (χ0v) is 6.70. The van der Waals surface area contributed by atoms with Crippen molar-refractivity contribution in [2.24, 2.45) is 0 Å². The molecule has 0 bridgehead atoms. The number of rotatable bonds is 4. The van der Waals surface area contributed by atoms with Crippen LogP contribution in [0.2, 0.25) is 0 Å². The minimum atomic E-state index is -1.000. The first-order valence-corrected chi connectivity index (χ1v) is 3.55. The van der Waals surface area contributed by atoms with E-state index in [0.717, 1.165) is 0 Å². The third kappa shape index (κ3) is 3.02. The molecule has 1 rings (SSSR count). The van der Waals surface area contributed by atoms with Gasteiger partial charge in [0.05, 0.1) is 5.69 Å². The van der Waals surface area contributed by atoms with Gasteiger partial charge in [-0.25, -0.2) is 14.4 Å². The van der Waals surface area contributed by atoms with Crippen molar-refractivity contribution in [1.82, 2.24) is 9.97 Å². The molecule has 0 atom stereocenters. The number of nitrogens with zero attached hydrogens (tertiary/aromatic N) is 2. The zero-order valence-electron chi connectivity index (χ0n) is 6.70. The molecule has 1 aromatic heterocycles. The van der Waals surface area contributed by atoms with Crippen LogP contribution >= 0.6 is 0 Å². The van der Waals surface area contributed by atoms with E-state index in [1.54, 1.807) is 0 Å². The van der Waals surface area contributed by atoms with E-state index in [9.17, 15) is 9.18 Å². The first-order chi connectivity index (χ1) is 6.22. The van der Waals surface area contributed by atoms with Crippen molar-refractivity contribution in [3.8, 4) is 0 Å². The summed E-state index contributed by atoms with van der Waals surface area (Å²) in [6, 6.07) is 1.36. The Bertz CT molecular complexity index is 306. The van der Waals surface area contributed by atoms with E-state index in [-0.39, 0.29) is 12.2 Å². The maximum atomic E-state index is 12.1. The molecule has 2 N–H and O–H groups in total. The normalized spacial score (nSPS) is 9.62. The lowest BCUT2D eigenvalue weighted by Crippen LogP contribution is -2.13. The molecule has 0 aliphatic carbocycles. The van der Waals surface area contributed by atoms with Crippen LogP contribution in [0.5, 0.6) is 0 Å². The highest BCUT2D eigenvalue weighted by Gasteiger charge is 1.99. The van der Waals surface area contributed by atoms with Crippen LogP contribution < -0.4 is 5.32 Å². The standard InChI is InChI=1S/C7H8FN3O2/c8-2-5-1-6(11-4-10-5)9-3-7(12)13/h1,4H,2-3H2,(H,12,13)(H,9,10,11). The molecular weight excluding hydrogens is 177 g/mol. The number of hydrogen-bond acceptors (Lipinski definition) is 4. The highest BCUT2D eigenvalue weighted by molar-refractivity contribution is 5.72. The van der Waals surface area contributed by atoms with Crippen LogP contribution in [0.25, 0.3) is 0 Å². The van der Waals surface area contributed by atoms with E-state index < -0.39 is 12.6 Å². The number of anilines is 1. The second-order valence-electron chi connectivity index (χ2n) is 2.28. The Balaban J connectivity index is 2.61. The second-order valence-corrected chi connectivity index (χ2v) is 2.28. The van der Waals surface area contributed by atoms with Crippen molar-refractivity contribution in [2.75, 3.05) is 11.9 Å². The topological polar surface area (TPSA) is 75.1 Å². The number of carboxylic acid groups (broad SMARTS) is 1. The molecular formula is C7H8FN3O2. The molecule has 13 heavy (non-hydrogen) atoms. The van der Waals surface area contributed by atoms with Crippen molar-refractivity contribution >= 4 is 11.8 Å². The van der Waals surface area contributed by atoms with Gasteiger partial charge in [0.15, 0.2) is 0 Å². The van der Waals surface area contributed by atoms with Crippen LogP contribution in [0.1, 0.15) is 5.69 Å². The lowest BCUT2D eigenvalue weighted by atomic mass is 10.4. The summed E-state index contributed by atoms with van der Waals surface area (Å²) in [5, 5.41) is 10.8. The van der Waals surface area contributed by atoms with Crippen LogP contribution in [-0.4, -0.2) is 27.6 Å². The van der Waals surface area contributed by atoms with E-state index in [0.29, 0.717) is 5.82 Å². The van der Waals surface area contributed by atoms with Gasteiger partial charge in [0.2, 0.25) is 0 Å². The van der Waals surface area contributed by atoms with E-state index in [1.165, 1.54) is 12.4 Å². The predicted molar refractivity (Wildman–Crippen MR) is 43.0 cm³/mol. The van der Waals surface area contributed by atoms with Crippen LogP contribution in [0, 0.1) is 0 Å². The van der Waals surface area contributed by atoms with E-state index in [1.807, 2.05) is 0 Å². The quantitative estimate of drug-likeness (QED) is 0.712. The fraction of sp³-hybridized carbons (Fsp3) is 0.286. The Morgan fingerprint density at radius 1 is 1.62 bits per heavy atom. The third-order valence-electron chi connectivity index (χ3n) is 1.28. The van der Waals surface area contributed by atoms with Gasteiger partial charge in [0.1, 0.15) is 25.4 Å². The fourth-order valence-corrected chi connectivity index (χ4v) is 0.734. The molecule has 0 aliphatic rings. The van der Waals surface area contributed by atoms with Gasteiger partial charge in [-0.15, -0.1) is 0 Å². The molecule has 70 valence electrons. The molecule has 0 saturated heterocycles. The number of alkyl halides is 1. The Labute approximate surface area is 73.6 Å². The van der Waals surface area contributed by atoms with Gasteiger partial charge in [-0.3, -0.25) is 4.79 Å². The molecule has 0 saturated carbocycles. The van der Waals surface area contributed by atoms with Crippen LogP contribution in [0.3, 0.4) is 0 Å². The number of halogens is 1. The summed E-state index contributed by atoms with van der Waals surface area (Å²) in [5.41, 5.74) is 0.225. The highest BCUT2D eigenvalue weighted by atomic mass is 19.1. The molecule has 6 heteroatoms. The number of aromatic nitrogens is 2. The molecule has 0 unspecified atom stereocenters. The van der Waals surface area contributed by atoms with Crippen molar-refractivity contribution in [3.05, 3.63) is 18.1 Å². The lowest BCUT2D eigenvalue weighted by Gasteiger charge is -2.01. The fourth-order valence-electron chi connectivity index (χ4n) is 0.734. The minimum Gasteiger partial charge on any atom is -0.480 e. The summed E-state index contributed by atoms with van der Waals surface area (Å²) in [4.78, 5) is 17.5. The monoisotopic (exact) mass is 185 g/mol. The van der Waals surface area contributed by atoms with Gasteiger partial charge >= 0.3 is 5.97 Å². The maximum Gasteiger partial charge on any atom is 0.322 e. The van der Waals surface area contributed by atoms with E-state index >= 15 is 0 Å². The Kier molecular flexibility index (Phi) is 3.13. The molecule has 0 aromatic carbocycles. The molecule has 0 radical (unpaired) electrons. The molecule has 5 nitrogen and oxygen atoms in total. The lowest BCUT2D eigenvalue weighted by molar-refractivity contribution is -0.134. The second kappa shape index (κ2) is 4.34. The van der Waals surface area contributed by atoms with Gasteiger partial charge in [-0.1, -0.05) is 0 Å².